The molecule has 0 unspecified atom stereocenters. The largest absolute Gasteiger partial charge is 0.507 e. The summed E-state index contributed by atoms with van der Waals surface area (Å²) >= 11 is 0. The number of anilines is 1. The summed E-state index contributed by atoms with van der Waals surface area (Å²) < 4.78 is 5.39. The molecule has 9 heteroatoms. The van der Waals surface area contributed by atoms with E-state index in [2.05, 4.69) is 38.4 Å². The van der Waals surface area contributed by atoms with Gasteiger partial charge >= 0.3 is 0 Å². The minimum absolute atomic E-state index is 0.0313. The van der Waals surface area contributed by atoms with Crippen LogP contribution in [0.15, 0.2) is 54.4 Å². The van der Waals surface area contributed by atoms with Gasteiger partial charge in [-0.25, -0.2) is 4.98 Å². The second-order valence-corrected chi connectivity index (χ2v) is 9.28. The number of hydrogen-bond donors (Lipinski definition) is 4. The average molecular weight is 502 g/mol. The minimum atomic E-state index is -0.0944. The zero-order chi connectivity index (χ0) is 26.2. The van der Waals surface area contributed by atoms with Crippen LogP contribution in [0.4, 0.5) is 5.69 Å². The van der Waals surface area contributed by atoms with Crippen LogP contribution in [-0.4, -0.2) is 90.0 Å². The number of morpholine rings is 1. The molecule has 194 valence electrons. The third kappa shape index (κ3) is 6.88. The Morgan fingerprint density at radius 3 is 2.70 bits per heavy atom. The number of benzene rings is 1. The van der Waals surface area contributed by atoms with E-state index in [0.29, 0.717) is 30.9 Å². The number of rotatable bonds is 6. The highest BCUT2D eigenvalue weighted by molar-refractivity contribution is 6.12. The van der Waals surface area contributed by atoms with Crippen molar-refractivity contribution < 1.29 is 9.84 Å². The molecule has 5 N–H and O–H groups in total. The van der Waals surface area contributed by atoms with Crippen LogP contribution in [0.3, 0.4) is 0 Å². The maximum atomic E-state index is 10.1. The number of phenols is 1. The lowest BCUT2D eigenvalue weighted by Gasteiger charge is -2.29. The summed E-state index contributed by atoms with van der Waals surface area (Å²) in [5.41, 5.74) is 8.78. The van der Waals surface area contributed by atoms with E-state index in [0.717, 1.165) is 50.7 Å². The molecule has 9 nitrogen and oxygen atoms in total. The maximum Gasteiger partial charge on any atom is 0.139 e. The quantitative estimate of drug-likeness (QED) is 0.272. The molecule has 3 heterocycles. The van der Waals surface area contributed by atoms with Crippen LogP contribution in [0.2, 0.25) is 0 Å². The molecule has 1 aromatic carbocycles. The van der Waals surface area contributed by atoms with Gasteiger partial charge in [0.25, 0.3) is 0 Å². The van der Waals surface area contributed by atoms with Gasteiger partial charge in [0.2, 0.25) is 0 Å². The van der Waals surface area contributed by atoms with E-state index in [1.54, 1.807) is 36.5 Å². The van der Waals surface area contributed by atoms with Gasteiger partial charge in [-0.3, -0.25) is 10.3 Å². The number of nitrogens with zero attached hydrogens (tertiary/aromatic N) is 4. The fourth-order valence-corrected chi connectivity index (χ4v) is 4.61. The van der Waals surface area contributed by atoms with E-state index in [-0.39, 0.29) is 23.3 Å². The molecular formula is C28H35N7O2. The third-order valence-electron chi connectivity index (χ3n) is 6.75. The lowest BCUT2D eigenvalue weighted by molar-refractivity contribution is 0.0443. The molecule has 0 aliphatic carbocycles. The molecule has 0 spiro atoms. The van der Waals surface area contributed by atoms with Gasteiger partial charge in [-0.1, -0.05) is 18.1 Å². The number of nitrogens with one attached hydrogen (secondary N) is 2. The van der Waals surface area contributed by atoms with Crippen molar-refractivity contribution in [3.05, 3.63) is 65.6 Å². The molecule has 2 fully saturated rings. The number of ether oxygens (including phenoxy) is 1. The zero-order valence-corrected chi connectivity index (χ0v) is 21.3. The summed E-state index contributed by atoms with van der Waals surface area (Å²) in [5.74, 6) is 6.39. The Bertz CT molecular complexity index is 1210. The Morgan fingerprint density at radius 1 is 1.16 bits per heavy atom. The molecule has 0 radical (unpaired) electrons. The Hall–Kier alpha value is -3.87. The van der Waals surface area contributed by atoms with Gasteiger partial charge in [-0.05, 0) is 49.6 Å². The second kappa shape index (κ2) is 12.4. The van der Waals surface area contributed by atoms with Crippen molar-refractivity contribution in [2.75, 3.05) is 57.4 Å². The molecule has 37 heavy (non-hydrogen) atoms. The molecule has 0 saturated carbocycles. The van der Waals surface area contributed by atoms with Crippen molar-refractivity contribution in [1.29, 1.82) is 10.8 Å². The van der Waals surface area contributed by atoms with E-state index in [9.17, 15) is 5.11 Å². The summed E-state index contributed by atoms with van der Waals surface area (Å²) in [5, 5.41) is 26.8. The van der Waals surface area contributed by atoms with Crippen LogP contribution in [0.25, 0.3) is 0 Å². The second-order valence-electron chi connectivity index (χ2n) is 9.28. The highest BCUT2D eigenvalue weighted by Gasteiger charge is 2.24. The standard InChI is InChI=1S/C28H35N7O2/c1-21-9-12-34(26(28(30)31)20-25(29)24-6-2-3-7-27(24)36)13-14-35(21)23-8-10-32-22(19-23)5-4-11-33-15-17-37-18-16-33/h2-3,6-8,10,19-21,29,36H,9,11-18H2,1H3,(H3,30,31)/b26-20+,29-25?/t21-/m1/s1. The molecule has 4 rings (SSSR count). The van der Waals surface area contributed by atoms with Gasteiger partial charge < -0.3 is 30.8 Å². The SMILES string of the molecule is C[C@@H]1CCN(/C(=C/C(=N)c2ccccc2O)C(=N)N)CCN1c1ccnc(C#CCN2CCOCC2)c1. The molecule has 2 saturated heterocycles. The minimum Gasteiger partial charge on any atom is -0.507 e. The van der Waals surface area contributed by atoms with E-state index >= 15 is 0 Å². The van der Waals surface area contributed by atoms with Crippen LogP contribution >= 0.6 is 0 Å². The molecule has 2 aromatic rings. The Kier molecular flexibility index (Phi) is 8.77. The van der Waals surface area contributed by atoms with Crippen molar-refractivity contribution in [3.8, 4) is 17.6 Å². The molecule has 0 bridgehead atoms. The molecular weight excluding hydrogens is 466 g/mol. The summed E-state index contributed by atoms with van der Waals surface area (Å²) in [4.78, 5) is 11.1. The number of phenolic OH excluding ortho intramolecular Hbond substituents is 1. The third-order valence-corrected chi connectivity index (χ3v) is 6.75. The first-order valence-electron chi connectivity index (χ1n) is 12.6. The first-order chi connectivity index (χ1) is 17.9. The van der Waals surface area contributed by atoms with Crippen LogP contribution in [0.1, 0.15) is 24.6 Å². The van der Waals surface area contributed by atoms with Gasteiger partial charge in [0.15, 0.2) is 0 Å². The fraction of sp³-hybridized carbons (Fsp3) is 0.393. The van der Waals surface area contributed by atoms with E-state index < -0.39 is 0 Å². The number of allylic oxidation sites excluding steroid dienone is 1. The molecule has 2 aliphatic rings. The molecule has 0 amide bonds. The van der Waals surface area contributed by atoms with E-state index in [1.165, 1.54) is 0 Å². The van der Waals surface area contributed by atoms with Gasteiger partial charge in [-0.15, -0.1) is 0 Å². The predicted octanol–water partition coefficient (Wildman–Crippen LogP) is 2.26. The molecule has 2 aliphatic heterocycles. The monoisotopic (exact) mass is 501 g/mol. The summed E-state index contributed by atoms with van der Waals surface area (Å²) in [6.45, 7) is 8.30. The van der Waals surface area contributed by atoms with Crippen molar-refractivity contribution in [1.82, 2.24) is 14.8 Å². The zero-order valence-electron chi connectivity index (χ0n) is 21.3. The number of aromatic nitrogens is 1. The topological polar surface area (TPSA) is 126 Å². The van der Waals surface area contributed by atoms with Crippen molar-refractivity contribution in [3.63, 3.8) is 0 Å². The molecule has 1 aromatic heterocycles. The van der Waals surface area contributed by atoms with E-state index in [1.807, 2.05) is 12.1 Å². The van der Waals surface area contributed by atoms with Crippen LogP contribution in [0, 0.1) is 22.7 Å². The van der Waals surface area contributed by atoms with Gasteiger partial charge in [0, 0.05) is 56.2 Å². The predicted molar refractivity (Wildman–Crippen MR) is 146 cm³/mol. The Morgan fingerprint density at radius 2 is 1.95 bits per heavy atom. The number of para-hydroxylation sites is 1. The fourth-order valence-electron chi connectivity index (χ4n) is 4.61. The van der Waals surface area contributed by atoms with E-state index in [4.69, 9.17) is 21.3 Å². The van der Waals surface area contributed by atoms with Gasteiger partial charge in [0.05, 0.1) is 31.2 Å². The number of aromatic hydroxyl groups is 1. The van der Waals surface area contributed by atoms with Gasteiger partial charge in [0.1, 0.15) is 17.3 Å². The highest BCUT2D eigenvalue weighted by atomic mass is 16.5. The van der Waals surface area contributed by atoms with Gasteiger partial charge in [-0.2, -0.15) is 0 Å². The summed E-state index contributed by atoms with van der Waals surface area (Å²) in [6, 6.07) is 11.0. The first-order valence-corrected chi connectivity index (χ1v) is 12.6. The first kappa shape index (κ1) is 26.2. The number of amidine groups is 1. The average Bonchev–Trinajstić information content (AvgIpc) is 3.09. The number of hydrogen-bond acceptors (Lipinski definition) is 8. The molecule has 1 atom stereocenters. The number of pyridine rings is 1. The van der Waals surface area contributed by atoms with Crippen LogP contribution in [0.5, 0.6) is 5.75 Å². The smallest absolute Gasteiger partial charge is 0.139 e. The Labute approximate surface area is 218 Å². The van der Waals surface area contributed by atoms with Crippen molar-refractivity contribution in [2.45, 2.75) is 19.4 Å². The lowest BCUT2D eigenvalue weighted by Crippen LogP contribution is -2.36. The van der Waals surface area contributed by atoms with Crippen LogP contribution < -0.4 is 10.6 Å². The lowest BCUT2D eigenvalue weighted by atomic mass is 10.1. The van der Waals surface area contributed by atoms with Crippen molar-refractivity contribution >= 4 is 17.2 Å². The van der Waals surface area contributed by atoms with Crippen LogP contribution in [-0.2, 0) is 4.74 Å². The summed E-state index contributed by atoms with van der Waals surface area (Å²) in [7, 11) is 0. The van der Waals surface area contributed by atoms with Crippen molar-refractivity contribution in [2.24, 2.45) is 5.73 Å². The Balaban J connectivity index is 1.46. The number of nitrogens with two attached hydrogens (primary N) is 1. The highest BCUT2D eigenvalue weighted by Crippen LogP contribution is 2.23. The normalized spacial score (nSPS) is 19.1. The summed E-state index contributed by atoms with van der Waals surface area (Å²) in [6.07, 6.45) is 4.24. The maximum absolute atomic E-state index is 10.1.